The summed E-state index contributed by atoms with van der Waals surface area (Å²) in [6.45, 7) is 1.12. The first kappa shape index (κ1) is 15.0. The van der Waals surface area contributed by atoms with E-state index in [0.29, 0.717) is 12.4 Å². The van der Waals surface area contributed by atoms with E-state index in [-0.39, 0.29) is 0 Å². The Bertz CT molecular complexity index is 381. The van der Waals surface area contributed by atoms with Crippen molar-refractivity contribution in [3.05, 3.63) is 24.3 Å². The standard InChI is InChI=1S/C11H17O3PS2/c1-3-9-17-15(12,13-4-2)14-10-5-7-11(16)8-6-10/h5-8,16H,3-4,9H2,1-2H3. The van der Waals surface area contributed by atoms with Crippen LogP contribution in [-0.4, -0.2) is 12.4 Å². The van der Waals surface area contributed by atoms with E-state index in [4.69, 9.17) is 9.05 Å². The minimum absolute atomic E-state index is 0.374. The molecule has 0 aliphatic heterocycles. The highest BCUT2D eigenvalue weighted by Gasteiger charge is 2.26. The summed E-state index contributed by atoms with van der Waals surface area (Å²) in [5.74, 6) is 1.30. The molecule has 1 atom stereocenters. The molecular weight excluding hydrogens is 275 g/mol. The predicted octanol–water partition coefficient (Wildman–Crippen LogP) is 4.64. The minimum Gasteiger partial charge on any atom is -0.417 e. The normalized spacial score (nSPS) is 14.3. The topological polar surface area (TPSA) is 35.5 Å². The maximum Gasteiger partial charge on any atom is 0.440 e. The van der Waals surface area contributed by atoms with E-state index in [2.05, 4.69) is 12.6 Å². The van der Waals surface area contributed by atoms with E-state index in [1.807, 2.05) is 6.92 Å². The van der Waals surface area contributed by atoms with Gasteiger partial charge in [-0.05, 0) is 49.0 Å². The number of rotatable bonds is 7. The number of hydrogen-bond donors (Lipinski definition) is 1. The molecular formula is C11H17O3PS2. The van der Waals surface area contributed by atoms with Crippen LogP contribution >= 0.6 is 30.8 Å². The zero-order chi connectivity index (χ0) is 12.7. The Morgan fingerprint density at radius 1 is 1.29 bits per heavy atom. The van der Waals surface area contributed by atoms with Crippen LogP contribution in [0, 0.1) is 0 Å². The van der Waals surface area contributed by atoms with Crippen molar-refractivity contribution in [2.75, 3.05) is 12.4 Å². The van der Waals surface area contributed by atoms with Crippen molar-refractivity contribution >= 4 is 30.8 Å². The van der Waals surface area contributed by atoms with Gasteiger partial charge in [0.2, 0.25) is 0 Å². The van der Waals surface area contributed by atoms with Crippen molar-refractivity contribution in [1.29, 1.82) is 0 Å². The third-order valence-corrected chi connectivity index (χ3v) is 6.04. The molecule has 1 aromatic rings. The van der Waals surface area contributed by atoms with Crippen LogP contribution in [0.25, 0.3) is 0 Å². The summed E-state index contributed by atoms with van der Waals surface area (Å²) in [5.41, 5.74) is 0. The van der Waals surface area contributed by atoms with E-state index in [1.165, 1.54) is 11.4 Å². The Morgan fingerprint density at radius 2 is 1.94 bits per heavy atom. The fourth-order valence-corrected chi connectivity index (χ4v) is 4.69. The molecule has 0 spiro atoms. The molecule has 3 nitrogen and oxygen atoms in total. The Kier molecular flexibility index (Phi) is 6.49. The molecule has 0 aliphatic carbocycles. The average Bonchev–Trinajstić information content (AvgIpc) is 2.30. The molecule has 0 aliphatic rings. The maximum absolute atomic E-state index is 12.3. The van der Waals surface area contributed by atoms with Gasteiger partial charge in [-0.2, -0.15) is 0 Å². The number of hydrogen-bond acceptors (Lipinski definition) is 5. The highest BCUT2D eigenvalue weighted by atomic mass is 32.7. The highest BCUT2D eigenvalue weighted by Crippen LogP contribution is 2.60. The quantitative estimate of drug-likeness (QED) is 0.586. The molecule has 0 saturated carbocycles. The van der Waals surface area contributed by atoms with E-state index >= 15 is 0 Å². The minimum atomic E-state index is -3.08. The molecule has 0 heterocycles. The van der Waals surface area contributed by atoms with E-state index in [1.54, 1.807) is 31.2 Å². The van der Waals surface area contributed by atoms with Crippen LogP contribution in [0.4, 0.5) is 0 Å². The van der Waals surface area contributed by atoms with E-state index in [9.17, 15) is 4.57 Å². The lowest BCUT2D eigenvalue weighted by atomic mass is 10.3. The van der Waals surface area contributed by atoms with Gasteiger partial charge < -0.3 is 4.52 Å². The lowest BCUT2D eigenvalue weighted by molar-refractivity contribution is 0.296. The SMILES string of the molecule is CCCSP(=O)(OCC)Oc1ccc(S)cc1. The first-order valence-electron chi connectivity index (χ1n) is 5.47. The smallest absolute Gasteiger partial charge is 0.417 e. The van der Waals surface area contributed by atoms with Crippen molar-refractivity contribution in [2.24, 2.45) is 0 Å². The van der Waals surface area contributed by atoms with Gasteiger partial charge in [-0.3, -0.25) is 4.52 Å². The van der Waals surface area contributed by atoms with Crippen molar-refractivity contribution in [3.8, 4) is 5.75 Å². The number of benzene rings is 1. The summed E-state index contributed by atoms with van der Waals surface area (Å²) in [7, 11) is 0. The zero-order valence-corrected chi connectivity index (χ0v) is 12.6. The molecule has 1 unspecified atom stereocenters. The van der Waals surface area contributed by atoms with Gasteiger partial charge in [0, 0.05) is 10.6 Å². The molecule has 0 aromatic heterocycles. The van der Waals surface area contributed by atoms with Crippen molar-refractivity contribution < 1.29 is 13.6 Å². The van der Waals surface area contributed by atoms with Gasteiger partial charge in [0.1, 0.15) is 5.75 Å². The van der Waals surface area contributed by atoms with Crippen LogP contribution in [0.3, 0.4) is 0 Å². The fraction of sp³-hybridized carbons (Fsp3) is 0.455. The first-order valence-corrected chi connectivity index (χ1v) is 9.05. The van der Waals surface area contributed by atoms with Gasteiger partial charge in [-0.1, -0.05) is 6.92 Å². The Hall–Kier alpha value is -0.0900. The van der Waals surface area contributed by atoms with Crippen LogP contribution in [0.15, 0.2) is 29.2 Å². The molecule has 0 fully saturated rings. The fourth-order valence-electron chi connectivity index (χ4n) is 1.09. The molecule has 17 heavy (non-hydrogen) atoms. The van der Waals surface area contributed by atoms with Gasteiger partial charge in [0.25, 0.3) is 0 Å². The van der Waals surface area contributed by atoms with E-state index < -0.39 is 6.80 Å². The Labute approximate surface area is 112 Å². The van der Waals surface area contributed by atoms with Gasteiger partial charge in [0.05, 0.1) is 6.61 Å². The second-order valence-electron chi connectivity index (χ2n) is 3.28. The summed E-state index contributed by atoms with van der Waals surface area (Å²) in [6.07, 6.45) is 0.931. The molecule has 0 bridgehead atoms. The van der Waals surface area contributed by atoms with E-state index in [0.717, 1.165) is 17.1 Å². The largest absolute Gasteiger partial charge is 0.440 e. The van der Waals surface area contributed by atoms with Crippen LogP contribution in [-0.2, 0) is 9.09 Å². The Balaban J connectivity index is 2.71. The number of thiol groups is 1. The van der Waals surface area contributed by atoms with Gasteiger partial charge in [-0.25, -0.2) is 4.57 Å². The van der Waals surface area contributed by atoms with Crippen molar-refractivity contribution in [3.63, 3.8) is 0 Å². The average molecular weight is 292 g/mol. The zero-order valence-electron chi connectivity index (χ0n) is 9.96. The summed E-state index contributed by atoms with van der Waals surface area (Å²) in [4.78, 5) is 0.838. The second kappa shape index (κ2) is 7.37. The molecule has 1 aromatic carbocycles. The lowest BCUT2D eigenvalue weighted by Crippen LogP contribution is -1.96. The summed E-state index contributed by atoms with van der Waals surface area (Å²) in [5, 5.41) is 0. The third-order valence-electron chi connectivity index (χ3n) is 1.79. The molecule has 0 radical (unpaired) electrons. The van der Waals surface area contributed by atoms with Crippen LogP contribution in [0.5, 0.6) is 5.75 Å². The lowest BCUT2D eigenvalue weighted by Gasteiger charge is -2.17. The maximum atomic E-state index is 12.3. The molecule has 1 rings (SSSR count). The van der Waals surface area contributed by atoms with Crippen LogP contribution < -0.4 is 4.52 Å². The van der Waals surface area contributed by atoms with Gasteiger partial charge in [-0.15, -0.1) is 12.6 Å². The summed E-state index contributed by atoms with van der Waals surface area (Å²) >= 11 is 5.42. The molecule has 0 saturated heterocycles. The molecule has 0 N–H and O–H groups in total. The third kappa shape index (κ3) is 5.38. The highest BCUT2D eigenvalue weighted by molar-refractivity contribution is 8.55. The van der Waals surface area contributed by atoms with Crippen molar-refractivity contribution in [1.82, 2.24) is 0 Å². The van der Waals surface area contributed by atoms with Gasteiger partial charge in [0.15, 0.2) is 0 Å². The summed E-state index contributed by atoms with van der Waals surface area (Å²) in [6, 6.07) is 7.06. The monoisotopic (exact) mass is 292 g/mol. The first-order chi connectivity index (χ1) is 8.09. The van der Waals surface area contributed by atoms with Crippen molar-refractivity contribution in [2.45, 2.75) is 25.2 Å². The van der Waals surface area contributed by atoms with Gasteiger partial charge >= 0.3 is 6.80 Å². The molecule has 96 valence electrons. The summed E-state index contributed by atoms with van der Waals surface area (Å²) < 4.78 is 23.0. The molecule has 6 heteroatoms. The Morgan fingerprint density at radius 3 is 2.47 bits per heavy atom. The van der Waals surface area contributed by atoms with Crippen LogP contribution in [0.2, 0.25) is 0 Å². The second-order valence-corrected chi connectivity index (χ2v) is 7.92. The van der Waals surface area contributed by atoms with Crippen LogP contribution in [0.1, 0.15) is 20.3 Å². The molecule has 0 amide bonds. The predicted molar refractivity (Wildman–Crippen MR) is 76.3 cm³/mol.